The number of aliphatic imine (C=N–C) groups is 1. The summed E-state index contributed by atoms with van der Waals surface area (Å²) in [7, 11) is 1.77. The predicted molar refractivity (Wildman–Crippen MR) is 139 cm³/mol. The number of fused-ring (bicyclic) bond motifs is 1. The first-order valence-corrected chi connectivity index (χ1v) is 11.5. The molecule has 1 aliphatic rings. The molecule has 3 aromatic rings. The predicted octanol–water partition coefficient (Wildman–Crippen LogP) is 6.67. The van der Waals surface area contributed by atoms with E-state index in [0.717, 1.165) is 34.2 Å². The van der Waals surface area contributed by atoms with E-state index in [2.05, 4.69) is 64.0 Å². The normalized spacial score (nSPS) is 15.1. The van der Waals surface area contributed by atoms with Gasteiger partial charge in [-0.25, -0.2) is 0 Å². The molecule has 0 bridgehead atoms. The van der Waals surface area contributed by atoms with E-state index in [1.165, 1.54) is 17.7 Å². The Balaban J connectivity index is 0.000000239. The maximum atomic E-state index is 6.24. The zero-order valence-corrected chi connectivity index (χ0v) is 20.4. The molecule has 0 saturated carbocycles. The molecule has 2 aromatic carbocycles. The summed E-state index contributed by atoms with van der Waals surface area (Å²) in [5.41, 5.74) is 5.53. The average molecular weight is 452 g/mol. The topological polar surface area (TPSA) is 61.3 Å². The number of aromatic nitrogens is 1. The van der Waals surface area contributed by atoms with Gasteiger partial charge < -0.3 is 16.0 Å². The molecule has 1 aromatic heterocycles. The highest BCUT2D eigenvalue weighted by Gasteiger charge is 2.23. The molecule has 1 atom stereocenters. The van der Waals surface area contributed by atoms with Crippen molar-refractivity contribution in [2.24, 2.45) is 4.99 Å². The van der Waals surface area contributed by atoms with Crippen LogP contribution >= 0.6 is 11.6 Å². The molecule has 4 rings (SSSR count). The quantitative estimate of drug-likeness (QED) is 0.414. The number of rotatable bonds is 4. The SMILES string of the molecule is CC.CCCNc1ccccc1C.CN=C1NC(c2ccccc2Cl)Nc2cnccc21. The summed E-state index contributed by atoms with van der Waals surface area (Å²) in [6.07, 6.45) is 4.62. The first-order chi connectivity index (χ1) is 15.6. The molecule has 1 unspecified atom stereocenters. The van der Waals surface area contributed by atoms with Crippen LogP contribution in [0.3, 0.4) is 0 Å². The van der Waals surface area contributed by atoms with Crippen molar-refractivity contribution in [3.05, 3.63) is 88.7 Å². The van der Waals surface area contributed by atoms with Crippen LogP contribution in [0.15, 0.2) is 72.0 Å². The Kier molecular flexibility index (Phi) is 10.5. The smallest absolute Gasteiger partial charge is 0.132 e. The second kappa shape index (κ2) is 13.4. The summed E-state index contributed by atoms with van der Waals surface area (Å²) >= 11 is 6.24. The Hall–Kier alpha value is -3.05. The molecule has 32 heavy (non-hydrogen) atoms. The van der Waals surface area contributed by atoms with Gasteiger partial charge in [0.25, 0.3) is 0 Å². The minimum atomic E-state index is -0.107. The molecule has 170 valence electrons. The Morgan fingerprint density at radius 2 is 1.75 bits per heavy atom. The minimum Gasteiger partial charge on any atom is -0.385 e. The van der Waals surface area contributed by atoms with Crippen LogP contribution in [0.4, 0.5) is 11.4 Å². The molecule has 0 amide bonds. The van der Waals surface area contributed by atoms with Gasteiger partial charge in [-0.15, -0.1) is 0 Å². The highest BCUT2D eigenvalue weighted by atomic mass is 35.5. The van der Waals surface area contributed by atoms with Crippen molar-refractivity contribution < 1.29 is 0 Å². The maximum absolute atomic E-state index is 6.24. The molecule has 0 fully saturated rings. The number of para-hydroxylation sites is 1. The number of pyridine rings is 1. The molecule has 5 nitrogen and oxygen atoms in total. The first kappa shape index (κ1) is 25.2. The summed E-state index contributed by atoms with van der Waals surface area (Å²) in [6, 6.07) is 18.0. The molecule has 3 N–H and O–H groups in total. The molecule has 0 spiro atoms. The molecule has 1 aliphatic heterocycles. The number of nitrogens with one attached hydrogen (secondary N) is 3. The maximum Gasteiger partial charge on any atom is 0.132 e. The van der Waals surface area contributed by atoms with Crippen LogP contribution in [0.2, 0.25) is 5.02 Å². The number of benzene rings is 2. The van der Waals surface area contributed by atoms with E-state index in [1.807, 2.05) is 44.2 Å². The Morgan fingerprint density at radius 1 is 1.03 bits per heavy atom. The molecule has 6 heteroatoms. The largest absolute Gasteiger partial charge is 0.385 e. The molecular formula is C26H34ClN5. The van der Waals surface area contributed by atoms with Crippen LogP contribution in [0, 0.1) is 6.92 Å². The van der Waals surface area contributed by atoms with Crippen LogP contribution < -0.4 is 16.0 Å². The van der Waals surface area contributed by atoms with Crippen molar-refractivity contribution in [2.45, 2.75) is 40.3 Å². The van der Waals surface area contributed by atoms with Gasteiger partial charge in [-0.3, -0.25) is 9.98 Å². The summed E-state index contributed by atoms with van der Waals surface area (Å²) in [4.78, 5) is 8.43. The fourth-order valence-electron chi connectivity index (χ4n) is 3.20. The highest BCUT2D eigenvalue weighted by Crippen LogP contribution is 2.29. The van der Waals surface area contributed by atoms with Crippen molar-refractivity contribution >= 4 is 28.8 Å². The van der Waals surface area contributed by atoms with E-state index in [-0.39, 0.29) is 6.17 Å². The van der Waals surface area contributed by atoms with Crippen molar-refractivity contribution in [3.63, 3.8) is 0 Å². The summed E-state index contributed by atoms with van der Waals surface area (Å²) in [5.74, 6) is 0.834. The van der Waals surface area contributed by atoms with Gasteiger partial charge >= 0.3 is 0 Å². The Bertz CT molecular complexity index is 1000. The van der Waals surface area contributed by atoms with Crippen molar-refractivity contribution in [3.8, 4) is 0 Å². The second-order valence-electron chi connectivity index (χ2n) is 6.98. The van der Waals surface area contributed by atoms with E-state index < -0.39 is 0 Å². The molecule has 0 aliphatic carbocycles. The van der Waals surface area contributed by atoms with Crippen molar-refractivity contribution in [1.29, 1.82) is 0 Å². The van der Waals surface area contributed by atoms with Gasteiger partial charge in [-0.2, -0.15) is 0 Å². The number of anilines is 2. The number of nitrogens with zero attached hydrogens (tertiary/aromatic N) is 2. The third kappa shape index (κ3) is 6.72. The van der Waals surface area contributed by atoms with E-state index in [1.54, 1.807) is 19.4 Å². The molecule has 2 heterocycles. The highest BCUT2D eigenvalue weighted by molar-refractivity contribution is 6.31. The number of amidine groups is 1. The van der Waals surface area contributed by atoms with Gasteiger partial charge in [0.1, 0.15) is 12.0 Å². The van der Waals surface area contributed by atoms with Gasteiger partial charge in [0.2, 0.25) is 0 Å². The Morgan fingerprint density at radius 3 is 2.44 bits per heavy atom. The van der Waals surface area contributed by atoms with Gasteiger partial charge in [-0.05, 0) is 37.1 Å². The monoisotopic (exact) mass is 451 g/mol. The summed E-state index contributed by atoms with van der Waals surface area (Å²) < 4.78 is 0. The standard InChI is InChI=1S/C14H13ClN4.C10H15N.C2H6/c1-16-13-10-6-7-17-8-12(10)18-14(19-13)9-4-2-3-5-11(9)15;1-3-8-11-10-7-5-4-6-9(10)2;1-2/h2-8,14,18H,1H3,(H,16,19);4-7,11H,3,8H2,1-2H3;1-2H3. The van der Waals surface area contributed by atoms with Crippen LogP contribution in [-0.2, 0) is 0 Å². The zero-order chi connectivity index (χ0) is 23.3. The lowest BCUT2D eigenvalue weighted by Gasteiger charge is -2.30. The zero-order valence-electron chi connectivity index (χ0n) is 19.6. The molecule has 0 radical (unpaired) electrons. The van der Waals surface area contributed by atoms with Gasteiger partial charge in [0, 0.05) is 41.6 Å². The second-order valence-corrected chi connectivity index (χ2v) is 7.39. The van der Waals surface area contributed by atoms with E-state index in [9.17, 15) is 0 Å². The van der Waals surface area contributed by atoms with Crippen LogP contribution in [0.1, 0.15) is 50.0 Å². The minimum absolute atomic E-state index is 0.107. The van der Waals surface area contributed by atoms with Crippen LogP contribution in [0.25, 0.3) is 0 Å². The summed E-state index contributed by atoms with van der Waals surface area (Å²) in [6.45, 7) is 9.36. The van der Waals surface area contributed by atoms with Crippen LogP contribution in [-0.4, -0.2) is 24.4 Å². The van der Waals surface area contributed by atoms with Crippen molar-refractivity contribution in [2.75, 3.05) is 24.2 Å². The number of hydrogen-bond donors (Lipinski definition) is 3. The van der Waals surface area contributed by atoms with Gasteiger partial charge in [-0.1, -0.05) is 68.8 Å². The number of hydrogen-bond acceptors (Lipinski definition) is 4. The first-order valence-electron chi connectivity index (χ1n) is 11.1. The molecule has 0 saturated heterocycles. The Labute approximate surface area is 197 Å². The van der Waals surface area contributed by atoms with E-state index >= 15 is 0 Å². The number of halogens is 1. The fraction of sp³-hybridized carbons (Fsp3) is 0.308. The third-order valence-corrected chi connectivity index (χ3v) is 5.15. The fourth-order valence-corrected chi connectivity index (χ4v) is 3.45. The average Bonchev–Trinajstić information content (AvgIpc) is 2.85. The lowest BCUT2D eigenvalue weighted by molar-refractivity contribution is 0.719. The third-order valence-electron chi connectivity index (χ3n) is 4.81. The van der Waals surface area contributed by atoms with E-state index in [0.29, 0.717) is 0 Å². The molecular weight excluding hydrogens is 418 g/mol. The van der Waals surface area contributed by atoms with Gasteiger partial charge in [0.15, 0.2) is 0 Å². The summed E-state index contributed by atoms with van der Waals surface area (Å²) in [5, 5.41) is 10.8. The van der Waals surface area contributed by atoms with Crippen molar-refractivity contribution in [1.82, 2.24) is 10.3 Å². The van der Waals surface area contributed by atoms with E-state index in [4.69, 9.17) is 11.6 Å². The van der Waals surface area contributed by atoms with Gasteiger partial charge in [0.05, 0.1) is 11.9 Å². The lowest BCUT2D eigenvalue weighted by Crippen LogP contribution is -2.39. The van der Waals surface area contributed by atoms with Crippen LogP contribution in [0.5, 0.6) is 0 Å². The lowest BCUT2D eigenvalue weighted by atomic mass is 10.1. The number of aryl methyl sites for hydroxylation is 1.